The Morgan fingerprint density at radius 2 is 2.30 bits per heavy atom. The van der Waals surface area contributed by atoms with Crippen molar-refractivity contribution in [2.45, 2.75) is 51.2 Å². The Kier molecular flexibility index (Phi) is 4.20. The minimum absolute atomic E-state index is 0.0609. The predicted octanol–water partition coefficient (Wildman–Crippen LogP) is 1.98. The summed E-state index contributed by atoms with van der Waals surface area (Å²) in [7, 11) is 0. The van der Waals surface area contributed by atoms with Gasteiger partial charge in [-0.15, -0.1) is 11.3 Å². The van der Waals surface area contributed by atoms with Crippen LogP contribution in [0.5, 0.6) is 0 Å². The van der Waals surface area contributed by atoms with Gasteiger partial charge in [-0.2, -0.15) is 0 Å². The molecule has 2 fully saturated rings. The summed E-state index contributed by atoms with van der Waals surface area (Å²) in [4.78, 5) is 16.6. The van der Waals surface area contributed by atoms with Crippen LogP contribution in [-0.4, -0.2) is 36.0 Å². The summed E-state index contributed by atoms with van der Waals surface area (Å²) in [6.45, 7) is 5.07. The van der Waals surface area contributed by atoms with Crippen molar-refractivity contribution in [2.24, 2.45) is 23.5 Å². The second-order valence-corrected chi connectivity index (χ2v) is 8.62. The normalized spacial score (nSPS) is 34.3. The van der Waals surface area contributed by atoms with Crippen molar-refractivity contribution >= 4 is 17.2 Å². The average molecular weight is 334 g/mol. The molecule has 5 atom stereocenters. The van der Waals surface area contributed by atoms with Gasteiger partial charge in [-0.05, 0) is 61.5 Å². The summed E-state index contributed by atoms with van der Waals surface area (Å²) in [6, 6.07) is 2.71. The highest BCUT2D eigenvalue weighted by Gasteiger charge is 2.49. The summed E-state index contributed by atoms with van der Waals surface area (Å²) in [5.41, 5.74) is 7.75. The maximum Gasteiger partial charge on any atom is 0.225 e. The van der Waals surface area contributed by atoms with Gasteiger partial charge in [0.05, 0.1) is 5.92 Å². The van der Waals surface area contributed by atoms with Crippen LogP contribution in [0.3, 0.4) is 0 Å². The molecule has 0 aromatic carbocycles. The fraction of sp³-hybridized carbons (Fsp3) is 0.722. The summed E-state index contributed by atoms with van der Waals surface area (Å²) in [5, 5.41) is 5.39. The summed E-state index contributed by atoms with van der Waals surface area (Å²) in [5.74, 6) is 1.39. The van der Waals surface area contributed by atoms with Crippen molar-refractivity contribution in [3.05, 3.63) is 21.9 Å². The van der Waals surface area contributed by atoms with Crippen molar-refractivity contribution in [3.8, 4) is 0 Å². The first-order valence-electron chi connectivity index (χ1n) is 8.96. The van der Waals surface area contributed by atoms with Crippen molar-refractivity contribution < 1.29 is 4.79 Å². The highest BCUT2D eigenvalue weighted by molar-refractivity contribution is 7.10. The quantitative estimate of drug-likeness (QED) is 0.886. The Morgan fingerprint density at radius 3 is 3.09 bits per heavy atom. The zero-order valence-corrected chi connectivity index (χ0v) is 14.6. The Hall–Kier alpha value is -0.910. The van der Waals surface area contributed by atoms with E-state index < -0.39 is 0 Å². The number of nitrogens with two attached hydrogens (primary N) is 1. The molecular weight excluding hydrogens is 306 g/mol. The van der Waals surface area contributed by atoms with Gasteiger partial charge >= 0.3 is 0 Å². The Bertz CT molecular complexity index is 585. The molecule has 126 valence electrons. The lowest BCUT2D eigenvalue weighted by molar-refractivity contribution is -0.127. The highest BCUT2D eigenvalue weighted by atomic mass is 32.1. The van der Waals surface area contributed by atoms with E-state index in [0.717, 1.165) is 26.1 Å². The Labute approximate surface area is 142 Å². The third kappa shape index (κ3) is 2.83. The molecule has 1 aromatic heterocycles. The van der Waals surface area contributed by atoms with Crippen molar-refractivity contribution in [1.29, 1.82) is 0 Å². The molecule has 4 rings (SSSR count). The van der Waals surface area contributed by atoms with Crippen LogP contribution in [0.1, 0.15) is 36.6 Å². The van der Waals surface area contributed by atoms with Gasteiger partial charge in [0.1, 0.15) is 0 Å². The second kappa shape index (κ2) is 6.19. The lowest BCUT2D eigenvalue weighted by Crippen LogP contribution is -2.49. The third-order valence-corrected chi connectivity index (χ3v) is 7.34. The van der Waals surface area contributed by atoms with Crippen molar-refractivity contribution in [3.63, 3.8) is 0 Å². The standard InChI is InChI=1S/C18H27N3OS/c1-11(21-6-4-15-14(10-21)5-7-23-15)9-20-18(22)16-12-2-3-13(8-12)17(16)19/h5,7,11-13,16-17H,2-4,6,8-10,19H2,1H3,(H,20,22). The Morgan fingerprint density at radius 1 is 1.48 bits per heavy atom. The molecule has 3 aliphatic rings. The van der Waals surface area contributed by atoms with E-state index in [1.165, 1.54) is 29.7 Å². The van der Waals surface area contributed by atoms with E-state index >= 15 is 0 Å². The maximum atomic E-state index is 12.6. The SMILES string of the molecule is CC(CNC(=O)C1C2CCC(C2)C1N)N1CCc2sccc2C1. The first-order chi connectivity index (χ1) is 11.1. The van der Waals surface area contributed by atoms with Gasteiger partial charge in [-0.3, -0.25) is 9.69 Å². The van der Waals surface area contributed by atoms with Gasteiger partial charge in [0.15, 0.2) is 0 Å². The number of hydrogen-bond donors (Lipinski definition) is 2. The van der Waals surface area contributed by atoms with Crippen molar-refractivity contribution in [2.75, 3.05) is 13.1 Å². The van der Waals surface area contributed by atoms with Gasteiger partial charge in [-0.1, -0.05) is 0 Å². The van der Waals surface area contributed by atoms with Crippen molar-refractivity contribution in [1.82, 2.24) is 10.2 Å². The molecule has 0 saturated heterocycles. The minimum Gasteiger partial charge on any atom is -0.354 e. The van der Waals surface area contributed by atoms with E-state index in [-0.39, 0.29) is 17.9 Å². The van der Waals surface area contributed by atoms with Crippen LogP contribution in [0.4, 0.5) is 0 Å². The molecule has 2 aliphatic carbocycles. The number of amides is 1. The average Bonchev–Trinajstić information content (AvgIpc) is 3.26. The van der Waals surface area contributed by atoms with Crippen LogP contribution in [0.15, 0.2) is 11.4 Å². The summed E-state index contributed by atoms with van der Waals surface area (Å²) >= 11 is 1.87. The summed E-state index contributed by atoms with van der Waals surface area (Å²) < 4.78 is 0. The van der Waals surface area contributed by atoms with Crippen LogP contribution in [0.25, 0.3) is 0 Å². The molecule has 3 N–H and O–H groups in total. The predicted molar refractivity (Wildman–Crippen MR) is 93.2 cm³/mol. The highest BCUT2D eigenvalue weighted by Crippen LogP contribution is 2.47. The molecule has 2 bridgehead atoms. The summed E-state index contributed by atoms with van der Waals surface area (Å²) in [6.07, 6.45) is 4.73. The molecule has 1 amide bonds. The number of rotatable bonds is 4. The topological polar surface area (TPSA) is 58.4 Å². The van der Waals surface area contributed by atoms with Crippen LogP contribution in [0, 0.1) is 17.8 Å². The van der Waals surface area contributed by atoms with E-state index in [9.17, 15) is 4.79 Å². The first kappa shape index (κ1) is 15.6. The van der Waals surface area contributed by atoms with Crippen LogP contribution in [0.2, 0.25) is 0 Å². The monoisotopic (exact) mass is 333 g/mol. The largest absolute Gasteiger partial charge is 0.354 e. The zero-order valence-electron chi connectivity index (χ0n) is 13.8. The molecule has 1 aromatic rings. The van der Waals surface area contributed by atoms with Crippen LogP contribution < -0.4 is 11.1 Å². The number of hydrogen-bond acceptors (Lipinski definition) is 4. The van der Waals surface area contributed by atoms with Gasteiger partial charge < -0.3 is 11.1 Å². The van der Waals surface area contributed by atoms with E-state index in [4.69, 9.17) is 5.73 Å². The molecule has 2 saturated carbocycles. The molecule has 5 heteroatoms. The van der Waals surface area contributed by atoms with Gasteiger partial charge in [0, 0.05) is 36.6 Å². The van der Waals surface area contributed by atoms with E-state index in [1.807, 2.05) is 11.3 Å². The number of carbonyl (C=O) groups excluding carboxylic acids is 1. The first-order valence-corrected chi connectivity index (χ1v) is 9.84. The lowest BCUT2D eigenvalue weighted by Gasteiger charge is -2.33. The van der Waals surface area contributed by atoms with Gasteiger partial charge in [0.2, 0.25) is 5.91 Å². The van der Waals surface area contributed by atoms with Crippen LogP contribution >= 0.6 is 11.3 Å². The number of nitrogens with one attached hydrogen (secondary N) is 1. The van der Waals surface area contributed by atoms with Gasteiger partial charge in [-0.25, -0.2) is 0 Å². The molecule has 2 heterocycles. The van der Waals surface area contributed by atoms with E-state index in [1.54, 1.807) is 0 Å². The van der Waals surface area contributed by atoms with E-state index in [0.29, 0.717) is 17.9 Å². The number of fused-ring (bicyclic) bond motifs is 3. The molecular formula is C18H27N3OS. The van der Waals surface area contributed by atoms with Gasteiger partial charge in [0.25, 0.3) is 0 Å². The van der Waals surface area contributed by atoms with E-state index in [2.05, 4.69) is 28.6 Å². The Balaban J connectivity index is 1.30. The number of carbonyl (C=O) groups is 1. The zero-order chi connectivity index (χ0) is 16.0. The fourth-order valence-electron chi connectivity index (χ4n) is 4.87. The molecule has 23 heavy (non-hydrogen) atoms. The molecule has 0 radical (unpaired) electrons. The molecule has 5 unspecified atom stereocenters. The fourth-order valence-corrected chi connectivity index (χ4v) is 5.76. The van der Waals surface area contributed by atoms with Crippen LogP contribution in [-0.2, 0) is 17.8 Å². The maximum absolute atomic E-state index is 12.6. The molecule has 4 nitrogen and oxygen atoms in total. The lowest BCUT2D eigenvalue weighted by atomic mass is 9.84. The number of thiophene rings is 1. The smallest absolute Gasteiger partial charge is 0.225 e. The minimum atomic E-state index is 0.0609. The second-order valence-electron chi connectivity index (χ2n) is 7.62. The third-order valence-electron chi connectivity index (χ3n) is 6.32. The molecule has 0 spiro atoms. The molecule has 1 aliphatic heterocycles. The number of nitrogens with zero attached hydrogens (tertiary/aromatic N) is 1.